The molecule has 0 aliphatic carbocycles. The second-order valence-corrected chi connectivity index (χ2v) is 32.8. The predicted octanol–water partition coefficient (Wildman–Crippen LogP) is 20.8. The summed E-state index contributed by atoms with van der Waals surface area (Å²) in [5.74, 6) is -37.0. The maximum Gasteiger partial charge on any atom is 0.420 e. The van der Waals surface area contributed by atoms with Gasteiger partial charge < -0.3 is 27.5 Å². The van der Waals surface area contributed by atoms with Crippen molar-refractivity contribution in [1.82, 2.24) is 0 Å². The molecule has 0 radical (unpaired) electrons. The molecule has 45 heteroatoms. The summed E-state index contributed by atoms with van der Waals surface area (Å²) >= 11 is 0.923. The molecule has 0 amide bonds. The third-order valence-electron chi connectivity index (χ3n) is 17.2. The largest absolute Gasteiger partial charge is 0.744 e. The third-order valence-corrected chi connectivity index (χ3v) is 22.7. The first-order chi connectivity index (χ1) is 58.1. The van der Waals surface area contributed by atoms with E-state index in [0.29, 0.717) is 27.3 Å². The number of ketones is 1. The molecule has 0 heterocycles. The molecular formula is C81H47F22O17S6-5. The zero-order chi connectivity index (χ0) is 95.3. The SMILES string of the molecule is C=Cc1ccc(C(=O)c2c(F)c(C(F)(F)F)c(S(=O)(=O)[O-])c(C(F)(F)F)c2F)cc1.C=Cc1ccc(C(F)(F)c2c(F)c(F)c(S(=O)(=O)[O-])c(F)c2F)cc1.C=Cc1ccc(Cc2c(F)c(F)c(S(=O)(=O)[O-])c(F)c2F)cc1.C=Cc1ccc(Oc2c(C)c(F)c(S(=O)(=O)[O-])c(F)c2C)cc1.C=Cc1ccc(Sc2ccc(F)c(S(=O)(=O)[O-])c2F)c2ccccc12. The Balaban J connectivity index is 0.000000217. The molecule has 0 saturated carbocycles. The van der Waals surface area contributed by atoms with E-state index in [2.05, 4.69) is 32.9 Å². The molecule has 0 N–H and O–H groups in total. The van der Waals surface area contributed by atoms with Gasteiger partial charge >= 0.3 is 18.3 Å². The van der Waals surface area contributed by atoms with Crippen LogP contribution in [0.15, 0.2) is 213 Å². The summed E-state index contributed by atoms with van der Waals surface area (Å²) < 4.78 is 473. The fraction of sp³-hybridized carbons (Fsp3) is 0.0741. The highest BCUT2D eigenvalue weighted by atomic mass is 32.2. The van der Waals surface area contributed by atoms with E-state index in [1.54, 1.807) is 60.7 Å². The third kappa shape index (κ3) is 22.3. The van der Waals surface area contributed by atoms with Crippen molar-refractivity contribution in [2.24, 2.45) is 0 Å². The molecule has 11 rings (SSSR count). The van der Waals surface area contributed by atoms with Gasteiger partial charge in [-0.05, 0) is 88.3 Å². The summed E-state index contributed by atoms with van der Waals surface area (Å²) in [7, 11) is -28.9. The number of rotatable bonds is 20. The molecule has 17 nitrogen and oxygen atoms in total. The Morgan fingerprint density at radius 3 is 1.11 bits per heavy atom. The molecule has 0 aliphatic rings. The molecule has 11 aromatic carbocycles. The van der Waals surface area contributed by atoms with Gasteiger partial charge in [0.15, 0.2) is 69.8 Å². The topological polar surface area (TPSA) is 312 Å². The Bertz CT molecular complexity index is 6540. The van der Waals surface area contributed by atoms with Crippen LogP contribution in [0.1, 0.15) is 88.2 Å². The number of halogens is 22. The minimum atomic E-state index is -6.68. The van der Waals surface area contributed by atoms with E-state index in [4.69, 9.17) is 4.74 Å². The van der Waals surface area contributed by atoms with Crippen LogP contribution in [0.3, 0.4) is 0 Å². The molecular weight excluding hydrogens is 1860 g/mol. The minimum absolute atomic E-state index is 0.146. The number of carbonyl (C=O) groups is 1. The number of fused-ring (bicyclic) bond motifs is 1. The molecule has 0 spiro atoms. The quantitative estimate of drug-likeness (QED) is 0.0296. The molecule has 11 aromatic rings. The Morgan fingerprint density at radius 2 is 0.730 bits per heavy atom. The molecule has 0 bridgehead atoms. The summed E-state index contributed by atoms with van der Waals surface area (Å²) in [6.45, 7) is 20.0. The molecule has 0 aromatic heterocycles. The van der Waals surface area contributed by atoms with Crippen LogP contribution in [0.4, 0.5) is 96.6 Å². The zero-order valence-corrected chi connectivity index (χ0v) is 67.6. The average molecular weight is 1900 g/mol. The monoisotopic (exact) mass is 1900 g/mol. The van der Waals surface area contributed by atoms with Gasteiger partial charge in [0.2, 0.25) is 0 Å². The van der Waals surface area contributed by atoms with Crippen molar-refractivity contribution in [1.29, 1.82) is 0 Å². The van der Waals surface area contributed by atoms with Gasteiger partial charge in [0.1, 0.15) is 116 Å². The highest BCUT2D eigenvalue weighted by molar-refractivity contribution is 7.99. The Labute approximate surface area is 704 Å². The van der Waals surface area contributed by atoms with Crippen LogP contribution in [0, 0.1) is 95.3 Å². The maximum atomic E-state index is 14.5. The number of benzene rings is 11. The van der Waals surface area contributed by atoms with Gasteiger partial charge in [-0.2, -0.15) is 35.1 Å². The zero-order valence-electron chi connectivity index (χ0n) is 62.7. The van der Waals surface area contributed by atoms with Crippen molar-refractivity contribution < 1.29 is 171 Å². The first-order valence-electron chi connectivity index (χ1n) is 33.6. The number of hydrogen-bond acceptors (Lipinski definition) is 18. The lowest BCUT2D eigenvalue weighted by molar-refractivity contribution is -0.151. The van der Waals surface area contributed by atoms with Crippen LogP contribution < -0.4 is 4.74 Å². The van der Waals surface area contributed by atoms with Crippen molar-refractivity contribution in [3.8, 4) is 11.5 Å². The summed E-state index contributed by atoms with van der Waals surface area (Å²) in [6.07, 6.45) is -5.52. The fourth-order valence-electron chi connectivity index (χ4n) is 11.2. The number of hydrogen-bond donors (Lipinski definition) is 0. The van der Waals surface area contributed by atoms with Gasteiger partial charge in [-0.25, -0.2) is 104 Å². The van der Waals surface area contributed by atoms with Gasteiger partial charge in [-0.1, -0.05) is 190 Å². The van der Waals surface area contributed by atoms with Crippen LogP contribution in [0.5, 0.6) is 11.5 Å². The molecule has 0 saturated heterocycles. The van der Waals surface area contributed by atoms with E-state index in [-0.39, 0.29) is 21.8 Å². The predicted molar refractivity (Wildman–Crippen MR) is 405 cm³/mol. The van der Waals surface area contributed by atoms with Gasteiger partial charge in [0.05, 0.1) is 10.5 Å². The van der Waals surface area contributed by atoms with E-state index in [1.165, 1.54) is 44.2 Å². The van der Waals surface area contributed by atoms with Gasteiger partial charge in [0, 0.05) is 44.0 Å². The summed E-state index contributed by atoms with van der Waals surface area (Å²) in [5, 5.41) is 1.70. The smallest absolute Gasteiger partial charge is 0.420 e. The minimum Gasteiger partial charge on any atom is -0.744 e. The van der Waals surface area contributed by atoms with Crippen LogP contribution in [0.2, 0.25) is 0 Å². The van der Waals surface area contributed by atoms with Crippen LogP contribution >= 0.6 is 11.8 Å². The maximum absolute atomic E-state index is 14.5. The molecule has 0 unspecified atom stereocenters. The van der Waals surface area contributed by atoms with E-state index in [1.807, 2.05) is 24.3 Å². The van der Waals surface area contributed by atoms with E-state index in [9.17, 15) is 166 Å². The lowest BCUT2D eigenvalue weighted by Crippen LogP contribution is -2.26. The van der Waals surface area contributed by atoms with Gasteiger partial charge in [-0.3, -0.25) is 4.79 Å². The van der Waals surface area contributed by atoms with E-state index < -0.39 is 226 Å². The van der Waals surface area contributed by atoms with Crippen molar-refractivity contribution in [3.05, 3.63) is 343 Å². The molecule has 668 valence electrons. The van der Waals surface area contributed by atoms with Crippen molar-refractivity contribution in [3.63, 3.8) is 0 Å². The normalized spacial score (nSPS) is 11.9. The molecule has 126 heavy (non-hydrogen) atoms. The number of ether oxygens (including phenoxy) is 1. The Morgan fingerprint density at radius 1 is 0.373 bits per heavy atom. The second-order valence-electron chi connectivity index (χ2n) is 25.2. The summed E-state index contributed by atoms with van der Waals surface area (Å²) in [5.41, 5.74) is -10.8. The van der Waals surface area contributed by atoms with Gasteiger partial charge in [0.25, 0.3) is 0 Å². The standard InChI is InChI=1S/C18H12F2O3S2.C17H8F8O4S.C16H14F2O4S.C15H8F6O3S.C15H10F4O3S/c1-2-11-7-9-15(13-6-4-3-5-12(11)13)24-16-10-8-14(19)18(17(16)20)25(21,22)23;1-2-7-3-5-8(6-4-7)14(26)9-12(18)10(16(20,21)22)15(30(27,28)29)11(13(9)19)17(23,24)25;1-4-11-5-7-12(8-6-11)22-15-9(2)13(17)16(23(19,20)21)14(18)10(15)3;1-2-7-3-5-8(6-4-7)15(20,21)9-10(16)12(18)14(25(22,23)24)13(19)11(9)17;1-2-8-3-5-9(6-4-8)7-10-11(16)13(18)15(23(20,21)22)14(19)12(10)17/h2-10H,1H2,(H,21,22,23);2-6H,1H2,(H,27,28,29);4-8H,1H2,2-3H3,(H,19,20,21);2-6H,1H2,(H,22,23,24);2-6H,1,7H2,(H,20,21,22)/p-5. The van der Waals surface area contributed by atoms with E-state index >= 15 is 0 Å². The lowest BCUT2D eigenvalue weighted by atomic mass is 9.95. The number of alkyl halides is 8. The van der Waals surface area contributed by atoms with Crippen LogP contribution in [-0.2, 0) is 75.3 Å². The first-order valence-corrected chi connectivity index (χ1v) is 41.4. The highest BCUT2D eigenvalue weighted by Crippen LogP contribution is 2.48. The second kappa shape index (κ2) is 39.0. The van der Waals surface area contributed by atoms with Crippen LogP contribution in [-0.4, -0.2) is 70.6 Å². The van der Waals surface area contributed by atoms with Crippen LogP contribution in [0.25, 0.3) is 41.2 Å². The van der Waals surface area contributed by atoms with Gasteiger partial charge in [-0.15, -0.1) is 0 Å². The lowest BCUT2D eigenvalue weighted by Gasteiger charge is -2.23. The highest BCUT2D eigenvalue weighted by Gasteiger charge is 2.51. The fourth-order valence-corrected chi connectivity index (χ4v) is 15.8. The summed E-state index contributed by atoms with van der Waals surface area (Å²) in [4.78, 5) is 2.06. The molecule has 0 atom stereocenters. The number of carbonyl (C=O) groups excluding carboxylic acids is 1. The average Bonchev–Trinajstić information content (AvgIpc) is 0.723. The van der Waals surface area contributed by atoms with Crippen molar-refractivity contribution >= 4 is 109 Å². The van der Waals surface area contributed by atoms with Crippen molar-refractivity contribution in [2.75, 3.05) is 0 Å². The molecule has 0 fully saturated rings. The summed E-state index contributed by atoms with van der Waals surface area (Å²) in [6, 6.07) is 33.0. The van der Waals surface area contributed by atoms with Crippen molar-refractivity contribution in [2.45, 2.75) is 72.8 Å². The Hall–Kier alpha value is -11.8. The molecule has 0 aliphatic heterocycles. The first kappa shape index (κ1) is 101. The Kier molecular flexibility index (Phi) is 31.3. The van der Waals surface area contributed by atoms with E-state index in [0.717, 1.165) is 99.9 Å².